The number of nitrogens with one attached hydrogen (secondary N) is 1. The average Bonchev–Trinajstić information content (AvgIpc) is 3.23. The van der Waals surface area contributed by atoms with Crippen LogP contribution in [0.2, 0.25) is 5.02 Å². The summed E-state index contributed by atoms with van der Waals surface area (Å²) < 4.78 is 26.8. The zero-order chi connectivity index (χ0) is 14.2. The lowest BCUT2D eigenvalue weighted by Gasteiger charge is -2.36. The van der Waals surface area contributed by atoms with E-state index >= 15 is 0 Å². The first-order valence-electron chi connectivity index (χ1n) is 7.02. The van der Waals surface area contributed by atoms with Gasteiger partial charge in [-0.1, -0.05) is 29.8 Å². The fourth-order valence-corrected chi connectivity index (χ4v) is 5.03. The van der Waals surface area contributed by atoms with Crippen molar-refractivity contribution in [1.82, 2.24) is 9.62 Å². The van der Waals surface area contributed by atoms with Gasteiger partial charge in [0, 0.05) is 24.7 Å². The smallest absolute Gasteiger partial charge is 0.215 e. The van der Waals surface area contributed by atoms with Gasteiger partial charge in [-0.05, 0) is 30.4 Å². The first kappa shape index (κ1) is 17.0. The molecule has 118 valence electrons. The number of rotatable bonds is 4. The summed E-state index contributed by atoms with van der Waals surface area (Å²) in [6, 6.07) is 7.31. The van der Waals surface area contributed by atoms with E-state index in [9.17, 15) is 8.42 Å². The molecule has 4 nitrogen and oxygen atoms in total. The van der Waals surface area contributed by atoms with Crippen molar-refractivity contribution in [3.05, 3.63) is 34.9 Å². The van der Waals surface area contributed by atoms with Crippen LogP contribution in [-0.4, -0.2) is 38.1 Å². The van der Waals surface area contributed by atoms with E-state index in [2.05, 4.69) is 5.32 Å². The summed E-state index contributed by atoms with van der Waals surface area (Å²) in [6.45, 7) is 1.84. The number of benzene rings is 1. The van der Waals surface area contributed by atoms with Gasteiger partial charge in [-0.25, -0.2) is 8.42 Å². The predicted molar refractivity (Wildman–Crippen MR) is 87.5 cm³/mol. The van der Waals surface area contributed by atoms with Gasteiger partial charge in [-0.3, -0.25) is 0 Å². The molecule has 0 aromatic heterocycles. The number of hydrogen-bond donors (Lipinski definition) is 1. The SMILES string of the molecule is Cl.O=S(=O)(CC1CC1)N1CCNCC1c1ccccc1Cl. The minimum Gasteiger partial charge on any atom is -0.313 e. The van der Waals surface area contributed by atoms with E-state index in [0.717, 1.165) is 18.4 Å². The molecule has 1 unspecified atom stereocenters. The second-order valence-corrected chi connectivity index (χ2v) is 7.95. The van der Waals surface area contributed by atoms with E-state index < -0.39 is 10.0 Å². The highest BCUT2D eigenvalue weighted by Crippen LogP contribution is 2.35. The van der Waals surface area contributed by atoms with Crippen molar-refractivity contribution in [1.29, 1.82) is 0 Å². The molecular weight excluding hydrogens is 331 g/mol. The van der Waals surface area contributed by atoms with Gasteiger partial charge in [0.15, 0.2) is 0 Å². The molecule has 0 bridgehead atoms. The van der Waals surface area contributed by atoms with Gasteiger partial charge in [-0.15, -0.1) is 12.4 Å². The molecule has 0 amide bonds. The molecule has 1 aliphatic heterocycles. The van der Waals surface area contributed by atoms with Crippen LogP contribution in [-0.2, 0) is 10.0 Å². The molecule has 1 N–H and O–H groups in total. The number of sulfonamides is 1. The number of halogens is 2. The fourth-order valence-electron chi connectivity index (χ4n) is 2.71. The first-order chi connectivity index (χ1) is 9.58. The Morgan fingerprint density at radius 3 is 2.67 bits per heavy atom. The van der Waals surface area contributed by atoms with Crippen LogP contribution in [0.15, 0.2) is 24.3 Å². The van der Waals surface area contributed by atoms with Gasteiger partial charge < -0.3 is 5.32 Å². The highest BCUT2D eigenvalue weighted by atomic mass is 35.5. The molecule has 1 aliphatic carbocycles. The molecule has 1 saturated heterocycles. The van der Waals surface area contributed by atoms with Gasteiger partial charge >= 0.3 is 0 Å². The molecule has 3 rings (SSSR count). The van der Waals surface area contributed by atoms with Crippen LogP contribution in [0, 0.1) is 5.92 Å². The van der Waals surface area contributed by atoms with Crippen molar-refractivity contribution in [2.45, 2.75) is 18.9 Å². The molecule has 1 aromatic carbocycles. The summed E-state index contributed by atoms with van der Waals surface area (Å²) in [5.41, 5.74) is 0.890. The molecule has 7 heteroatoms. The molecule has 0 radical (unpaired) electrons. The zero-order valence-corrected chi connectivity index (χ0v) is 14.1. The van der Waals surface area contributed by atoms with Crippen LogP contribution < -0.4 is 5.32 Å². The van der Waals surface area contributed by atoms with Crippen molar-refractivity contribution in [2.24, 2.45) is 5.92 Å². The maximum absolute atomic E-state index is 12.6. The highest BCUT2D eigenvalue weighted by Gasteiger charge is 2.37. The second kappa shape index (κ2) is 6.84. The van der Waals surface area contributed by atoms with E-state index in [4.69, 9.17) is 11.6 Å². The molecular formula is C14H20Cl2N2O2S. The van der Waals surface area contributed by atoms with Gasteiger partial charge in [0.25, 0.3) is 0 Å². The quantitative estimate of drug-likeness (QED) is 0.907. The van der Waals surface area contributed by atoms with E-state index in [-0.39, 0.29) is 24.2 Å². The van der Waals surface area contributed by atoms with Gasteiger partial charge in [-0.2, -0.15) is 4.31 Å². The molecule has 1 atom stereocenters. The molecule has 0 spiro atoms. The van der Waals surface area contributed by atoms with Crippen LogP contribution >= 0.6 is 24.0 Å². The normalized spacial score (nSPS) is 23.6. The topological polar surface area (TPSA) is 49.4 Å². The minimum atomic E-state index is -3.20. The minimum absolute atomic E-state index is 0. The Bertz CT molecular complexity index is 590. The van der Waals surface area contributed by atoms with E-state index in [0.29, 0.717) is 30.6 Å². The van der Waals surface area contributed by atoms with Crippen molar-refractivity contribution >= 4 is 34.0 Å². The van der Waals surface area contributed by atoms with Crippen LogP contribution in [0.1, 0.15) is 24.4 Å². The number of piperazine rings is 1. The zero-order valence-electron chi connectivity index (χ0n) is 11.7. The average molecular weight is 351 g/mol. The maximum atomic E-state index is 12.6. The monoisotopic (exact) mass is 350 g/mol. The number of hydrogen-bond acceptors (Lipinski definition) is 3. The lowest BCUT2D eigenvalue weighted by Crippen LogP contribution is -2.49. The van der Waals surface area contributed by atoms with Crippen molar-refractivity contribution in [3.8, 4) is 0 Å². The lowest BCUT2D eigenvalue weighted by atomic mass is 10.1. The summed E-state index contributed by atoms with van der Waals surface area (Å²) in [4.78, 5) is 0. The molecule has 1 heterocycles. The molecule has 21 heavy (non-hydrogen) atoms. The van der Waals surface area contributed by atoms with E-state index in [1.54, 1.807) is 4.31 Å². The predicted octanol–water partition coefficient (Wildman–Crippen LogP) is 2.45. The Labute approximate surface area is 137 Å². The summed E-state index contributed by atoms with van der Waals surface area (Å²) >= 11 is 6.24. The van der Waals surface area contributed by atoms with Gasteiger partial charge in [0.05, 0.1) is 11.8 Å². The van der Waals surface area contributed by atoms with E-state index in [1.165, 1.54) is 0 Å². The standard InChI is InChI=1S/C14H19ClN2O2S.ClH/c15-13-4-2-1-3-12(13)14-9-16-7-8-17(14)20(18,19)10-11-5-6-11;/h1-4,11,14,16H,5-10H2;1H. The molecule has 2 fully saturated rings. The number of nitrogens with zero attached hydrogens (tertiary/aromatic N) is 1. The van der Waals surface area contributed by atoms with Gasteiger partial charge in [0.2, 0.25) is 10.0 Å². The Balaban J connectivity index is 0.00000161. The largest absolute Gasteiger partial charge is 0.313 e. The third kappa shape index (κ3) is 3.90. The van der Waals surface area contributed by atoms with Crippen LogP contribution in [0.5, 0.6) is 0 Å². The Morgan fingerprint density at radius 1 is 1.29 bits per heavy atom. The van der Waals surface area contributed by atoms with Crippen molar-refractivity contribution in [2.75, 3.05) is 25.4 Å². The maximum Gasteiger partial charge on any atom is 0.215 e. The summed E-state index contributed by atoms with van der Waals surface area (Å²) in [5, 5.41) is 3.90. The highest BCUT2D eigenvalue weighted by molar-refractivity contribution is 7.89. The summed E-state index contributed by atoms with van der Waals surface area (Å²) in [6.07, 6.45) is 2.09. The lowest BCUT2D eigenvalue weighted by molar-refractivity contribution is 0.271. The third-order valence-electron chi connectivity index (χ3n) is 3.96. The molecule has 2 aliphatic rings. The Hall–Kier alpha value is -0.330. The van der Waals surface area contributed by atoms with Gasteiger partial charge in [0.1, 0.15) is 0 Å². The van der Waals surface area contributed by atoms with Crippen LogP contribution in [0.25, 0.3) is 0 Å². The van der Waals surface area contributed by atoms with Crippen molar-refractivity contribution in [3.63, 3.8) is 0 Å². The Morgan fingerprint density at radius 2 is 2.00 bits per heavy atom. The third-order valence-corrected chi connectivity index (χ3v) is 6.35. The molecule has 1 saturated carbocycles. The van der Waals surface area contributed by atoms with Crippen LogP contribution in [0.4, 0.5) is 0 Å². The summed E-state index contributed by atoms with van der Waals surface area (Å²) in [5.74, 6) is 0.648. The Kier molecular flexibility index (Phi) is 5.54. The summed E-state index contributed by atoms with van der Waals surface area (Å²) in [7, 11) is -3.20. The first-order valence-corrected chi connectivity index (χ1v) is 9.01. The second-order valence-electron chi connectivity index (χ2n) is 5.57. The fraction of sp³-hybridized carbons (Fsp3) is 0.571. The van der Waals surface area contributed by atoms with E-state index in [1.807, 2.05) is 24.3 Å². The molecule has 1 aromatic rings. The van der Waals surface area contributed by atoms with Crippen LogP contribution in [0.3, 0.4) is 0 Å². The van der Waals surface area contributed by atoms with Crippen molar-refractivity contribution < 1.29 is 8.42 Å².